The Balaban J connectivity index is 2.21. The highest BCUT2D eigenvalue weighted by molar-refractivity contribution is 7.07. The molecule has 0 amide bonds. The van der Waals surface area contributed by atoms with E-state index in [9.17, 15) is 10.1 Å². The van der Waals surface area contributed by atoms with Gasteiger partial charge >= 0.3 is 5.82 Å². The number of nitrogens with one attached hydrogen (secondary N) is 1. The number of nitrogens with zero attached hydrogens (tertiary/aromatic N) is 2. The van der Waals surface area contributed by atoms with E-state index in [2.05, 4.69) is 10.3 Å². The van der Waals surface area contributed by atoms with Crippen molar-refractivity contribution in [2.75, 3.05) is 5.32 Å². The van der Waals surface area contributed by atoms with Crippen molar-refractivity contribution >= 4 is 22.8 Å². The number of aromatic nitrogens is 1. The van der Waals surface area contributed by atoms with Crippen molar-refractivity contribution in [3.8, 4) is 0 Å². The van der Waals surface area contributed by atoms with Crippen molar-refractivity contribution in [1.82, 2.24) is 4.98 Å². The fraction of sp³-hybridized carbons (Fsp3) is 0.182. The summed E-state index contributed by atoms with van der Waals surface area (Å²) in [4.78, 5) is 14.1. The molecule has 88 valence electrons. The lowest BCUT2D eigenvalue weighted by Crippen LogP contribution is -2.08. The Hall–Kier alpha value is -1.95. The number of anilines is 1. The first-order valence-corrected chi connectivity index (χ1v) is 6.01. The predicted molar refractivity (Wildman–Crippen MR) is 67.2 cm³/mol. The molecule has 0 aliphatic carbocycles. The molecule has 2 aromatic heterocycles. The summed E-state index contributed by atoms with van der Waals surface area (Å²) in [5.41, 5.74) is 1.55. The fourth-order valence-electron chi connectivity index (χ4n) is 1.49. The summed E-state index contributed by atoms with van der Waals surface area (Å²) >= 11 is 1.60. The first kappa shape index (κ1) is 11.5. The van der Waals surface area contributed by atoms with Crippen LogP contribution in [0.1, 0.15) is 18.5 Å². The van der Waals surface area contributed by atoms with Gasteiger partial charge < -0.3 is 15.4 Å². The van der Waals surface area contributed by atoms with Gasteiger partial charge in [0.1, 0.15) is 11.9 Å². The van der Waals surface area contributed by atoms with Crippen molar-refractivity contribution in [1.29, 1.82) is 0 Å². The number of nitro groups is 1. The van der Waals surface area contributed by atoms with Crippen LogP contribution in [0, 0.1) is 10.1 Å². The van der Waals surface area contributed by atoms with E-state index in [-0.39, 0.29) is 11.9 Å². The second kappa shape index (κ2) is 4.92. The molecule has 1 atom stereocenters. The minimum Gasteiger partial charge on any atom is -0.372 e. The molecule has 2 rings (SSSR count). The number of thiophene rings is 1. The third-order valence-electron chi connectivity index (χ3n) is 2.37. The van der Waals surface area contributed by atoms with Gasteiger partial charge in [0.25, 0.3) is 0 Å². The molecule has 0 saturated carbocycles. The van der Waals surface area contributed by atoms with Crippen molar-refractivity contribution < 1.29 is 4.92 Å². The third-order valence-corrected chi connectivity index (χ3v) is 3.08. The van der Waals surface area contributed by atoms with Crippen LogP contribution in [0.15, 0.2) is 35.2 Å². The first-order chi connectivity index (χ1) is 8.18. The van der Waals surface area contributed by atoms with Gasteiger partial charge in [-0.05, 0) is 51.4 Å². The van der Waals surface area contributed by atoms with Gasteiger partial charge in [-0.25, -0.2) is 0 Å². The third kappa shape index (κ3) is 2.59. The molecule has 0 radical (unpaired) electrons. The highest BCUT2D eigenvalue weighted by atomic mass is 32.1. The Morgan fingerprint density at radius 3 is 3.00 bits per heavy atom. The number of hydrogen-bond acceptors (Lipinski definition) is 5. The number of hydrogen-bond donors (Lipinski definition) is 1. The summed E-state index contributed by atoms with van der Waals surface area (Å²) in [5, 5.41) is 17.9. The van der Waals surface area contributed by atoms with Crippen LogP contribution >= 0.6 is 11.3 Å². The van der Waals surface area contributed by atoms with Gasteiger partial charge in [0.05, 0.1) is 0 Å². The van der Waals surface area contributed by atoms with E-state index in [0.717, 1.165) is 5.56 Å². The van der Waals surface area contributed by atoms with Gasteiger partial charge in [0, 0.05) is 6.04 Å². The molecule has 6 heteroatoms. The maximum Gasteiger partial charge on any atom is 0.386 e. The molecule has 5 nitrogen and oxygen atoms in total. The van der Waals surface area contributed by atoms with E-state index in [0.29, 0.717) is 5.69 Å². The molecule has 2 aromatic rings. The summed E-state index contributed by atoms with van der Waals surface area (Å²) in [7, 11) is 0. The molecule has 2 heterocycles. The van der Waals surface area contributed by atoms with Crippen LogP contribution in [-0.2, 0) is 0 Å². The highest BCUT2D eigenvalue weighted by Crippen LogP contribution is 2.26. The Morgan fingerprint density at radius 2 is 2.35 bits per heavy atom. The second-order valence-electron chi connectivity index (χ2n) is 3.55. The van der Waals surface area contributed by atoms with Gasteiger partial charge in [-0.3, -0.25) is 0 Å². The summed E-state index contributed by atoms with van der Waals surface area (Å²) in [5.74, 6) is -0.144. The van der Waals surface area contributed by atoms with Crippen LogP contribution in [0.2, 0.25) is 0 Å². The number of pyridine rings is 1. The molecule has 1 N–H and O–H groups in total. The number of rotatable bonds is 4. The van der Waals surface area contributed by atoms with Crippen LogP contribution in [0.4, 0.5) is 11.5 Å². The van der Waals surface area contributed by atoms with Crippen LogP contribution in [0.5, 0.6) is 0 Å². The molecule has 0 spiro atoms. The Kier molecular flexibility index (Phi) is 3.34. The topological polar surface area (TPSA) is 68.1 Å². The molecule has 0 fully saturated rings. The van der Waals surface area contributed by atoms with E-state index in [1.807, 2.05) is 23.8 Å². The largest absolute Gasteiger partial charge is 0.386 e. The first-order valence-electron chi connectivity index (χ1n) is 5.06. The maximum atomic E-state index is 10.8. The standard InChI is InChI=1S/C11H11N3O2S/c1-8(9-4-6-17-7-9)13-10-3-2-5-12-11(10)14(15)16/h2-8,13H,1H3. The van der Waals surface area contributed by atoms with E-state index in [4.69, 9.17) is 0 Å². The lowest BCUT2D eigenvalue weighted by molar-refractivity contribution is -0.388. The minimum atomic E-state index is -0.483. The monoisotopic (exact) mass is 249 g/mol. The Bertz CT molecular complexity index is 513. The molecule has 0 aliphatic heterocycles. The molecule has 0 saturated heterocycles. The zero-order valence-electron chi connectivity index (χ0n) is 9.16. The summed E-state index contributed by atoms with van der Waals surface area (Å²) in [6.07, 6.45) is 1.42. The molecule has 1 unspecified atom stereocenters. The van der Waals surface area contributed by atoms with Gasteiger partial charge in [-0.2, -0.15) is 11.3 Å². The van der Waals surface area contributed by atoms with Gasteiger partial charge in [-0.1, -0.05) is 0 Å². The van der Waals surface area contributed by atoms with Crippen LogP contribution in [0.3, 0.4) is 0 Å². The Labute approximate surface area is 102 Å². The van der Waals surface area contributed by atoms with Crippen molar-refractivity contribution in [3.63, 3.8) is 0 Å². The zero-order valence-corrected chi connectivity index (χ0v) is 9.98. The van der Waals surface area contributed by atoms with Gasteiger partial charge in [0.15, 0.2) is 0 Å². The maximum absolute atomic E-state index is 10.8. The molecule has 0 aromatic carbocycles. The predicted octanol–water partition coefficient (Wildman–Crippen LogP) is 3.22. The van der Waals surface area contributed by atoms with E-state index < -0.39 is 4.92 Å². The lowest BCUT2D eigenvalue weighted by atomic mass is 10.2. The molecule has 0 aliphatic rings. The quantitative estimate of drug-likeness (QED) is 0.667. The normalized spacial score (nSPS) is 12.1. The molecular weight excluding hydrogens is 238 g/mol. The van der Waals surface area contributed by atoms with Crippen LogP contribution < -0.4 is 5.32 Å². The molecular formula is C11H11N3O2S. The average molecular weight is 249 g/mol. The smallest absolute Gasteiger partial charge is 0.372 e. The van der Waals surface area contributed by atoms with Crippen LogP contribution in [-0.4, -0.2) is 9.91 Å². The molecule has 17 heavy (non-hydrogen) atoms. The van der Waals surface area contributed by atoms with Crippen molar-refractivity contribution in [2.24, 2.45) is 0 Å². The van der Waals surface area contributed by atoms with E-state index >= 15 is 0 Å². The summed E-state index contributed by atoms with van der Waals surface area (Å²) < 4.78 is 0. The Morgan fingerprint density at radius 1 is 1.53 bits per heavy atom. The van der Waals surface area contributed by atoms with E-state index in [1.165, 1.54) is 6.20 Å². The second-order valence-corrected chi connectivity index (χ2v) is 4.33. The van der Waals surface area contributed by atoms with Crippen molar-refractivity contribution in [2.45, 2.75) is 13.0 Å². The van der Waals surface area contributed by atoms with Gasteiger partial charge in [0.2, 0.25) is 0 Å². The van der Waals surface area contributed by atoms with E-state index in [1.54, 1.807) is 23.5 Å². The van der Waals surface area contributed by atoms with Crippen LogP contribution in [0.25, 0.3) is 0 Å². The SMILES string of the molecule is CC(Nc1cccnc1[N+](=O)[O-])c1ccsc1. The lowest BCUT2D eigenvalue weighted by Gasteiger charge is -2.13. The summed E-state index contributed by atoms with van der Waals surface area (Å²) in [6.45, 7) is 1.96. The van der Waals surface area contributed by atoms with Crippen molar-refractivity contribution in [3.05, 3.63) is 50.8 Å². The minimum absolute atomic E-state index is 0.0177. The summed E-state index contributed by atoms with van der Waals surface area (Å²) in [6, 6.07) is 5.35. The fourth-order valence-corrected chi connectivity index (χ4v) is 2.25. The zero-order chi connectivity index (χ0) is 12.3. The highest BCUT2D eigenvalue weighted by Gasteiger charge is 2.16. The van der Waals surface area contributed by atoms with Gasteiger partial charge in [-0.15, -0.1) is 0 Å². The molecule has 0 bridgehead atoms. The average Bonchev–Trinajstić information content (AvgIpc) is 2.83.